The molecular weight excluding hydrogens is 717 g/mol. The van der Waals surface area contributed by atoms with Crippen LogP contribution >= 0.6 is 0 Å². The Morgan fingerprint density at radius 1 is 0.754 bits per heavy atom. The molecule has 0 radical (unpaired) electrons. The van der Waals surface area contributed by atoms with Crippen molar-refractivity contribution in [3.05, 3.63) is 135 Å². The number of phenolic OH excluding ortho intramolecular Hbond substituents is 1. The van der Waals surface area contributed by atoms with Crippen molar-refractivity contribution in [2.45, 2.75) is 82.3 Å². The highest BCUT2D eigenvalue weighted by Crippen LogP contribution is 2.53. The Morgan fingerprint density at radius 2 is 1.44 bits per heavy atom. The quantitative estimate of drug-likeness (QED) is 0.221. The lowest BCUT2D eigenvalue weighted by atomic mass is 9.57. The molecule has 10 heteroatoms. The third-order valence-corrected chi connectivity index (χ3v) is 14.0. The predicted molar refractivity (Wildman–Crippen MR) is 211 cm³/mol. The Balaban J connectivity index is 0.739. The number of benzene rings is 4. The second-order valence-electron chi connectivity index (χ2n) is 17.4. The van der Waals surface area contributed by atoms with Gasteiger partial charge in [-0.2, -0.15) is 0 Å². The normalized spacial score (nSPS) is 24.2. The van der Waals surface area contributed by atoms with Crippen molar-refractivity contribution >= 4 is 29.5 Å². The SMILES string of the molecule is O=C1CCC(N2C(=O)c3cc4c(cc3C2=O)CN(CC2CC3(CCN(C(=O)c5ccc([C@@H]6c7ccc(O)cc7CC[C@@H]6c6ccccc6)cc5)CC3)C2)C4)C(=O)N1. The molecule has 4 heterocycles. The molecule has 1 unspecified atom stereocenters. The van der Waals surface area contributed by atoms with Crippen LogP contribution in [0, 0.1) is 11.3 Å². The van der Waals surface area contributed by atoms with Crippen molar-refractivity contribution in [3.63, 3.8) is 0 Å². The van der Waals surface area contributed by atoms with Crippen LogP contribution in [-0.2, 0) is 29.1 Å². The van der Waals surface area contributed by atoms with Gasteiger partial charge in [0.2, 0.25) is 11.8 Å². The zero-order valence-corrected chi connectivity index (χ0v) is 31.9. The minimum Gasteiger partial charge on any atom is -0.508 e. The number of phenols is 1. The number of piperidine rings is 2. The summed E-state index contributed by atoms with van der Waals surface area (Å²) in [5.74, 6) is -0.473. The second-order valence-corrected chi connectivity index (χ2v) is 17.4. The van der Waals surface area contributed by atoms with Gasteiger partial charge in [0.25, 0.3) is 17.7 Å². The third-order valence-electron chi connectivity index (χ3n) is 14.0. The van der Waals surface area contributed by atoms with Crippen LogP contribution < -0.4 is 5.32 Å². The smallest absolute Gasteiger partial charge is 0.262 e. The fourth-order valence-corrected chi connectivity index (χ4v) is 11.1. The predicted octanol–water partition coefficient (Wildman–Crippen LogP) is 6.30. The number of hydrogen-bond acceptors (Lipinski definition) is 7. The molecule has 4 aliphatic heterocycles. The zero-order chi connectivity index (χ0) is 39.0. The van der Waals surface area contributed by atoms with Gasteiger partial charge in [-0.25, -0.2) is 0 Å². The van der Waals surface area contributed by atoms with E-state index in [9.17, 15) is 29.1 Å². The molecule has 57 heavy (non-hydrogen) atoms. The Kier molecular flexibility index (Phi) is 8.66. The van der Waals surface area contributed by atoms with Crippen LogP contribution in [-0.4, -0.2) is 75.0 Å². The van der Waals surface area contributed by atoms with E-state index in [1.807, 2.05) is 35.2 Å². The summed E-state index contributed by atoms with van der Waals surface area (Å²) in [6.45, 7) is 3.93. The molecule has 290 valence electrons. The van der Waals surface area contributed by atoms with Crippen molar-refractivity contribution in [3.8, 4) is 5.75 Å². The van der Waals surface area contributed by atoms with E-state index in [1.165, 1.54) is 22.3 Å². The standard InChI is InChI=1S/C47H46N4O6/c52-35-11-13-37-32(20-35)10-12-36(29-4-2-1-3-5-29)42(37)30-6-8-31(9-7-30)44(55)50-18-16-47(17-19-50)23-28(24-47)25-49-26-33-21-38-39(22-34(33)27-49)46(57)51(45(38)56)40-14-15-41(53)48-43(40)54/h1-9,11,13,20-22,28,36,40,42,52H,10,12,14-19,23-27H2,(H,48,53,54)/t36-,40?,42+/m1/s1. The fourth-order valence-electron chi connectivity index (χ4n) is 11.1. The van der Waals surface area contributed by atoms with Gasteiger partial charge in [-0.1, -0.05) is 48.5 Å². The number of aromatic hydroxyl groups is 1. The van der Waals surface area contributed by atoms with E-state index in [4.69, 9.17) is 0 Å². The van der Waals surface area contributed by atoms with Crippen LogP contribution in [0.3, 0.4) is 0 Å². The Morgan fingerprint density at radius 3 is 2.11 bits per heavy atom. The molecule has 10 nitrogen and oxygen atoms in total. The first-order valence-corrected chi connectivity index (χ1v) is 20.5. The van der Waals surface area contributed by atoms with Crippen LogP contribution in [0.15, 0.2) is 84.9 Å². The first kappa shape index (κ1) is 35.8. The van der Waals surface area contributed by atoms with Crippen LogP contribution in [0.25, 0.3) is 0 Å². The highest BCUT2D eigenvalue weighted by molar-refractivity contribution is 6.23. The van der Waals surface area contributed by atoms with Gasteiger partial charge in [0.05, 0.1) is 11.1 Å². The average Bonchev–Trinajstić information content (AvgIpc) is 3.72. The highest BCUT2D eigenvalue weighted by atomic mass is 16.3. The lowest BCUT2D eigenvalue weighted by Crippen LogP contribution is -2.54. The minimum absolute atomic E-state index is 0.0970. The molecule has 4 aromatic rings. The first-order chi connectivity index (χ1) is 27.6. The fraction of sp³-hybridized carbons (Fsp3) is 0.383. The molecule has 1 saturated carbocycles. The molecule has 2 aliphatic carbocycles. The molecule has 2 N–H and O–H groups in total. The number of likely N-dealkylation sites (tertiary alicyclic amines) is 1. The number of aryl methyl sites for hydroxylation is 1. The van der Waals surface area contributed by atoms with Gasteiger partial charge in [-0.05, 0) is 132 Å². The highest BCUT2D eigenvalue weighted by Gasteiger charge is 2.48. The monoisotopic (exact) mass is 762 g/mol. The third kappa shape index (κ3) is 6.25. The van der Waals surface area contributed by atoms with E-state index in [-0.39, 0.29) is 36.0 Å². The van der Waals surface area contributed by atoms with Crippen molar-refractivity contribution in [1.82, 2.24) is 20.0 Å². The molecule has 10 rings (SSSR count). The maximum Gasteiger partial charge on any atom is 0.262 e. The Bertz CT molecular complexity index is 2280. The summed E-state index contributed by atoms with van der Waals surface area (Å²) < 4.78 is 0. The Labute approximate surface area is 331 Å². The topological polar surface area (TPSA) is 127 Å². The zero-order valence-electron chi connectivity index (χ0n) is 31.9. The maximum atomic E-state index is 13.8. The summed E-state index contributed by atoms with van der Waals surface area (Å²) >= 11 is 0. The van der Waals surface area contributed by atoms with Gasteiger partial charge in [-0.15, -0.1) is 0 Å². The number of fused-ring (bicyclic) bond motifs is 3. The van der Waals surface area contributed by atoms with Gasteiger partial charge < -0.3 is 10.0 Å². The van der Waals surface area contributed by atoms with Gasteiger partial charge >= 0.3 is 0 Å². The lowest BCUT2D eigenvalue weighted by Gasteiger charge is -2.53. The number of carbonyl (C=O) groups excluding carboxylic acids is 5. The summed E-state index contributed by atoms with van der Waals surface area (Å²) in [6.07, 6.45) is 6.48. The molecule has 6 aliphatic rings. The van der Waals surface area contributed by atoms with Gasteiger partial charge in [-0.3, -0.25) is 39.1 Å². The summed E-state index contributed by atoms with van der Waals surface area (Å²) in [7, 11) is 0. The molecule has 2 saturated heterocycles. The number of nitrogens with zero attached hydrogens (tertiary/aromatic N) is 3. The average molecular weight is 763 g/mol. The number of nitrogens with one attached hydrogen (secondary N) is 1. The summed E-state index contributed by atoms with van der Waals surface area (Å²) in [6, 6.07) is 27.4. The lowest BCUT2D eigenvalue weighted by molar-refractivity contribution is -0.136. The number of amides is 5. The summed E-state index contributed by atoms with van der Waals surface area (Å²) in [5, 5.41) is 12.5. The van der Waals surface area contributed by atoms with Crippen molar-refractivity contribution in [1.29, 1.82) is 0 Å². The second kappa shape index (κ2) is 13.8. The van der Waals surface area contributed by atoms with E-state index in [0.717, 1.165) is 92.8 Å². The Hall–Kier alpha value is -5.61. The molecule has 4 aromatic carbocycles. The van der Waals surface area contributed by atoms with E-state index >= 15 is 0 Å². The van der Waals surface area contributed by atoms with Crippen LogP contribution in [0.4, 0.5) is 0 Å². The molecule has 3 atom stereocenters. The number of hydrogen-bond donors (Lipinski definition) is 2. The first-order valence-electron chi connectivity index (χ1n) is 20.5. The van der Waals surface area contributed by atoms with Gasteiger partial charge in [0.1, 0.15) is 11.8 Å². The van der Waals surface area contributed by atoms with Crippen LogP contribution in [0.1, 0.15) is 121 Å². The van der Waals surface area contributed by atoms with E-state index < -0.39 is 23.8 Å². The molecular formula is C47H46N4O6. The van der Waals surface area contributed by atoms with E-state index in [2.05, 4.69) is 58.7 Å². The number of rotatable bonds is 6. The summed E-state index contributed by atoms with van der Waals surface area (Å²) in [4.78, 5) is 70.0. The van der Waals surface area contributed by atoms with Crippen LogP contribution in [0.2, 0.25) is 0 Å². The molecule has 1 spiro atoms. The minimum atomic E-state index is -0.957. The van der Waals surface area contributed by atoms with Gasteiger partial charge in [0.15, 0.2) is 0 Å². The van der Waals surface area contributed by atoms with Crippen molar-refractivity contribution in [2.24, 2.45) is 11.3 Å². The molecule has 0 bridgehead atoms. The van der Waals surface area contributed by atoms with Crippen molar-refractivity contribution < 1.29 is 29.1 Å². The number of carbonyl (C=O) groups is 5. The molecule has 0 aromatic heterocycles. The number of imide groups is 2. The van der Waals surface area contributed by atoms with Gasteiger partial charge in [0, 0.05) is 50.6 Å². The van der Waals surface area contributed by atoms with Crippen LogP contribution in [0.5, 0.6) is 5.75 Å². The summed E-state index contributed by atoms with van der Waals surface area (Å²) in [5.41, 5.74) is 8.75. The van der Waals surface area contributed by atoms with E-state index in [1.54, 1.807) is 6.07 Å². The van der Waals surface area contributed by atoms with E-state index in [0.29, 0.717) is 28.7 Å². The molecule has 5 amide bonds. The van der Waals surface area contributed by atoms with Crippen molar-refractivity contribution in [2.75, 3.05) is 19.6 Å². The molecule has 3 fully saturated rings. The maximum absolute atomic E-state index is 13.8. The largest absolute Gasteiger partial charge is 0.508 e.